The Morgan fingerprint density at radius 3 is 2.81 bits per heavy atom. The van der Waals surface area contributed by atoms with E-state index < -0.39 is 6.04 Å². The lowest BCUT2D eigenvalue weighted by atomic mass is 9.88. The van der Waals surface area contributed by atoms with E-state index in [9.17, 15) is 9.59 Å². The van der Waals surface area contributed by atoms with Gasteiger partial charge in [0.05, 0.1) is 24.2 Å². The van der Waals surface area contributed by atoms with E-state index in [1.165, 1.54) is 0 Å². The van der Waals surface area contributed by atoms with Gasteiger partial charge in [0.15, 0.2) is 5.78 Å². The molecular weight excluding hydrogens is 426 g/mol. The van der Waals surface area contributed by atoms with Crippen molar-refractivity contribution >= 4 is 40.4 Å². The number of Topliss-reactive ketones (excluding diaryl/α,β-unsaturated/α-hetero) is 1. The summed E-state index contributed by atoms with van der Waals surface area (Å²) in [5.41, 5.74) is 3.87. The van der Waals surface area contributed by atoms with Crippen LogP contribution in [0.2, 0.25) is 5.02 Å². The SMILES string of the molecule is O=C(CN1c2ccccc2NC2=C(C(=O)CCC2)[C@H]1c1ccco1)Nc1cccc(Cl)c1. The molecule has 32 heavy (non-hydrogen) atoms. The number of para-hydroxylation sites is 2. The number of fused-ring (bicyclic) bond motifs is 1. The first kappa shape index (κ1) is 20.4. The van der Waals surface area contributed by atoms with Crippen molar-refractivity contribution in [2.24, 2.45) is 0 Å². The Morgan fingerprint density at radius 1 is 1.12 bits per heavy atom. The van der Waals surface area contributed by atoms with Gasteiger partial charge >= 0.3 is 0 Å². The predicted molar refractivity (Wildman–Crippen MR) is 125 cm³/mol. The van der Waals surface area contributed by atoms with Crippen LogP contribution in [0.1, 0.15) is 31.1 Å². The first-order chi connectivity index (χ1) is 15.6. The number of carbonyl (C=O) groups excluding carboxylic acids is 2. The second kappa shape index (κ2) is 8.55. The van der Waals surface area contributed by atoms with Crippen LogP contribution >= 0.6 is 11.6 Å². The van der Waals surface area contributed by atoms with E-state index in [4.69, 9.17) is 16.0 Å². The fraction of sp³-hybridized carbons (Fsp3) is 0.200. The van der Waals surface area contributed by atoms with Gasteiger partial charge in [-0.2, -0.15) is 0 Å². The molecular formula is C25H22ClN3O3. The number of allylic oxidation sites excluding steroid dienone is 1. The molecule has 0 radical (unpaired) electrons. The number of benzene rings is 2. The van der Waals surface area contributed by atoms with Gasteiger partial charge in [-0.15, -0.1) is 0 Å². The summed E-state index contributed by atoms with van der Waals surface area (Å²) in [5.74, 6) is 0.487. The highest BCUT2D eigenvalue weighted by molar-refractivity contribution is 6.30. The number of halogens is 1. The minimum Gasteiger partial charge on any atom is -0.467 e. The molecule has 5 rings (SSSR count). The van der Waals surface area contributed by atoms with Crippen molar-refractivity contribution in [2.75, 3.05) is 22.1 Å². The Balaban J connectivity index is 1.58. The molecule has 2 N–H and O–H groups in total. The molecule has 1 aromatic heterocycles. The number of carbonyl (C=O) groups is 2. The van der Waals surface area contributed by atoms with Crippen molar-refractivity contribution in [3.05, 3.63) is 89.0 Å². The first-order valence-electron chi connectivity index (χ1n) is 10.6. The summed E-state index contributed by atoms with van der Waals surface area (Å²) in [6.07, 6.45) is 3.65. The van der Waals surface area contributed by atoms with E-state index in [0.29, 0.717) is 28.5 Å². The summed E-state index contributed by atoms with van der Waals surface area (Å²) in [5, 5.41) is 6.93. The number of rotatable bonds is 4. The van der Waals surface area contributed by atoms with Crippen molar-refractivity contribution in [3.63, 3.8) is 0 Å². The maximum Gasteiger partial charge on any atom is 0.243 e. The fourth-order valence-corrected chi connectivity index (χ4v) is 4.63. The molecule has 1 aliphatic carbocycles. The molecule has 162 valence electrons. The summed E-state index contributed by atoms with van der Waals surface area (Å²) in [6.45, 7) is 0.0284. The van der Waals surface area contributed by atoms with Crippen molar-refractivity contribution in [1.29, 1.82) is 0 Å². The summed E-state index contributed by atoms with van der Waals surface area (Å²) in [4.78, 5) is 28.2. The molecule has 2 aliphatic rings. The van der Waals surface area contributed by atoms with Gasteiger partial charge in [-0.1, -0.05) is 29.8 Å². The Labute approximate surface area is 190 Å². The molecule has 2 heterocycles. The Bertz CT molecular complexity index is 1200. The highest BCUT2D eigenvalue weighted by atomic mass is 35.5. The van der Waals surface area contributed by atoms with Crippen LogP contribution in [0.4, 0.5) is 17.1 Å². The molecule has 2 aromatic carbocycles. The Kier molecular flexibility index (Phi) is 5.45. The smallest absolute Gasteiger partial charge is 0.243 e. The van der Waals surface area contributed by atoms with Crippen LogP contribution in [0.5, 0.6) is 0 Å². The molecule has 1 aliphatic heterocycles. The summed E-state index contributed by atoms with van der Waals surface area (Å²) in [7, 11) is 0. The second-order valence-corrected chi connectivity index (χ2v) is 8.35. The number of nitrogens with one attached hydrogen (secondary N) is 2. The van der Waals surface area contributed by atoms with Crippen molar-refractivity contribution in [2.45, 2.75) is 25.3 Å². The third-order valence-corrected chi connectivity index (χ3v) is 6.01. The molecule has 0 saturated carbocycles. The van der Waals surface area contributed by atoms with Gasteiger partial charge in [0.1, 0.15) is 11.8 Å². The number of hydrogen-bond donors (Lipinski definition) is 2. The third kappa shape index (κ3) is 3.89. The lowest BCUT2D eigenvalue weighted by Crippen LogP contribution is -2.38. The van der Waals surface area contributed by atoms with E-state index in [2.05, 4.69) is 10.6 Å². The first-order valence-corrected chi connectivity index (χ1v) is 11.0. The van der Waals surface area contributed by atoms with Gasteiger partial charge in [0.2, 0.25) is 5.91 Å². The summed E-state index contributed by atoms with van der Waals surface area (Å²) in [6, 6.07) is 18.0. The minimum atomic E-state index is -0.505. The highest BCUT2D eigenvalue weighted by Crippen LogP contribution is 2.44. The fourth-order valence-electron chi connectivity index (χ4n) is 4.44. The Morgan fingerprint density at radius 2 is 2.00 bits per heavy atom. The molecule has 1 atom stereocenters. The maximum atomic E-state index is 13.1. The van der Waals surface area contributed by atoms with Gasteiger partial charge < -0.3 is 20.0 Å². The van der Waals surface area contributed by atoms with Crippen LogP contribution in [0.3, 0.4) is 0 Å². The zero-order valence-corrected chi connectivity index (χ0v) is 18.1. The van der Waals surface area contributed by atoms with Gasteiger partial charge in [-0.05, 0) is 55.3 Å². The molecule has 0 unspecified atom stereocenters. The molecule has 0 saturated heterocycles. The lowest BCUT2D eigenvalue weighted by Gasteiger charge is -2.33. The molecule has 0 fully saturated rings. The van der Waals surface area contributed by atoms with Gasteiger partial charge in [-0.3, -0.25) is 9.59 Å². The molecule has 3 aromatic rings. The highest BCUT2D eigenvalue weighted by Gasteiger charge is 2.38. The standard InChI is InChI=1S/C25H22ClN3O3/c26-16-6-3-7-17(14-16)27-23(31)15-29-20-10-2-1-8-18(20)28-19-9-4-11-21(30)24(19)25(29)22-12-5-13-32-22/h1-3,5-8,10,12-14,25,28H,4,9,11,15H2,(H,27,31)/t25-/m1/s1. The lowest BCUT2D eigenvalue weighted by molar-refractivity contribution is -0.117. The number of furan rings is 1. The Hall–Kier alpha value is -3.51. The quantitative estimate of drug-likeness (QED) is 0.548. The average Bonchev–Trinajstić information content (AvgIpc) is 3.25. The van der Waals surface area contributed by atoms with E-state index >= 15 is 0 Å². The number of anilines is 3. The zero-order chi connectivity index (χ0) is 22.1. The van der Waals surface area contributed by atoms with Crippen LogP contribution in [0.25, 0.3) is 0 Å². The van der Waals surface area contributed by atoms with Crippen LogP contribution in [0, 0.1) is 0 Å². The molecule has 1 amide bonds. The zero-order valence-electron chi connectivity index (χ0n) is 17.3. The normalized spacial score (nSPS) is 17.8. The minimum absolute atomic E-state index is 0.0284. The largest absolute Gasteiger partial charge is 0.467 e. The van der Waals surface area contributed by atoms with Gasteiger partial charge in [-0.25, -0.2) is 0 Å². The van der Waals surface area contributed by atoms with E-state index in [1.54, 1.807) is 36.6 Å². The van der Waals surface area contributed by atoms with Gasteiger partial charge in [0, 0.05) is 28.4 Å². The van der Waals surface area contributed by atoms with Crippen LogP contribution in [0.15, 0.2) is 82.6 Å². The molecule has 0 spiro atoms. The van der Waals surface area contributed by atoms with Crippen molar-refractivity contribution in [3.8, 4) is 0 Å². The number of nitrogens with zero attached hydrogens (tertiary/aromatic N) is 1. The number of amides is 1. The third-order valence-electron chi connectivity index (χ3n) is 5.78. The van der Waals surface area contributed by atoms with Crippen molar-refractivity contribution in [1.82, 2.24) is 0 Å². The predicted octanol–water partition coefficient (Wildman–Crippen LogP) is 5.55. The van der Waals surface area contributed by atoms with Crippen molar-refractivity contribution < 1.29 is 14.0 Å². The van der Waals surface area contributed by atoms with E-state index in [-0.39, 0.29) is 18.2 Å². The number of hydrogen-bond acceptors (Lipinski definition) is 5. The summed E-state index contributed by atoms with van der Waals surface area (Å²) >= 11 is 6.07. The molecule has 0 bridgehead atoms. The number of ketones is 1. The molecule has 7 heteroatoms. The average molecular weight is 448 g/mol. The molecule has 6 nitrogen and oxygen atoms in total. The summed E-state index contributed by atoms with van der Waals surface area (Å²) < 4.78 is 5.78. The van der Waals surface area contributed by atoms with E-state index in [0.717, 1.165) is 29.9 Å². The van der Waals surface area contributed by atoms with Gasteiger partial charge in [0.25, 0.3) is 0 Å². The van der Waals surface area contributed by atoms with Crippen LogP contribution in [-0.2, 0) is 9.59 Å². The second-order valence-electron chi connectivity index (χ2n) is 7.92. The van der Waals surface area contributed by atoms with Crippen LogP contribution in [-0.4, -0.2) is 18.2 Å². The monoisotopic (exact) mass is 447 g/mol. The maximum absolute atomic E-state index is 13.1. The van der Waals surface area contributed by atoms with Crippen LogP contribution < -0.4 is 15.5 Å². The topological polar surface area (TPSA) is 74.6 Å². The van der Waals surface area contributed by atoms with E-state index in [1.807, 2.05) is 35.2 Å².